The maximum atomic E-state index is 13.5. The normalized spacial score (nSPS) is 13.7. The average molecular weight is 492 g/mol. The van der Waals surface area contributed by atoms with E-state index in [9.17, 15) is 13.2 Å². The lowest BCUT2D eigenvalue weighted by molar-refractivity contribution is 0.102. The number of hydrogen-bond acceptors (Lipinski definition) is 6. The molecule has 180 valence electrons. The van der Waals surface area contributed by atoms with Gasteiger partial charge in [0.1, 0.15) is 10.6 Å². The number of para-hydroxylation sites is 1. The summed E-state index contributed by atoms with van der Waals surface area (Å²) in [6.07, 6.45) is 1.99. The smallest absolute Gasteiger partial charge is 0.276 e. The van der Waals surface area contributed by atoms with Crippen molar-refractivity contribution >= 4 is 43.9 Å². The van der Waals surface area contributed by atoms with Gasteiger partial charge in [-0.1, -0.05) is 18.2 Å². The van der Waals surface area contributed by atoms with Crippen LogP contribution in [0.2, 0.25) is 0 Å². The van der Waals surface area contributed by atoms with Crippen LogP contribution in [0, 0.1) is 0 Å². The highest BCUT2D eigenvalue weighted by molar-refractivity contribution is 7.92. The monoisotopic (exact) mass is 491 g/mol. The zero-order chi connectivity index (χ0) is 24.4. The van der Waals surface area contributed by atoms with Gasteiger partial charge in [0.05, 0.1) is 18.3 Å². The molecule has 9 nitrogen and oxygen atoms in total. The lowest BCUT2D eigenvalue weighted by atomic mass is 10.2. The van der Waals surface area contributed by atoms with Crippen LogP contribution in [0.25, 0.3) is 10.9 Å². The Kier molecular flexibility index (Phi) is 6.04. The van der Waals surface area contributed by atoms with Crippen LogP contribution in [-0.2, 0) is 10.0 Å². The van der Waals surface area contributed by atoms with E-state index in [1.165, 1.54) is 6.07 Å². The molecule has 0 unspecified atom stereocenters. The highest BCUT2D eigenvalue weighted by Gasteiger charge is 2.25. The SMILES string of the molecule is COc1ccc(NS(=O)(=O)c2cc(NC(=O)c3n[nH]c4ccccc34)ccc2N2CCCC2)cc1. The third-order valence-corrected chi connectivity index (χ3v) is 7.39. The van der Waals surface area contributed by atoms with Crippen molar-refractivity contribution in [2.24, 2.45) is 0 Å². The highest BCUT2D eigenvalue weighted by atomic mass is 32.2. The van der Waals surface area contributed by atoms with Gasteiger partial charge in [0.15, 0.2) is 5.69 Å². The number of methoxy groups -OCH3 is 1. The molecule has 1 aromatic heterocycles. The van der Waals surface area contributed by atoms with Gasteiger partial charge in [-0.25, -0.2) is 8.42 Å². The number of fused-ring (bicyclic) bond motifs is 1. The van der Waals surface area contributed by atoms with Crippen LogP contribution in [0.15, 0.2) is 71.6 Å². The Bertz CT molecular complexity index is 1480. The Morgan fingerprint density at radius 1 is 1.00 bits per heavy atom. The van der Waals surface area contributed by atoms with E-state index in [1.807, 2.05) is 18.2 Å². The van der Waals surface area contributed by atoms with Crippen molar-refractivity contribution in [2.75, 3.05) is 35.1 Å². The lowest BCUT2D eigenvalue weighted by Gasteiger charge is -2.22. The number of aromatic nitrogens is 2. The predicted octanol–water partition coefficient (Wildman–Crippen LogP) is 4.22. The van der Waals surface area contributed by atoms with Crippen LogP contribution in [0.1, 0.15) is 23.3 Å². The average Bonchev–Trinajstić information content (AvgIpc) is 3.55. The number of rotatable bonds is 7. The fourth-order valence-corrected chi connectivity index (χ4v) is 5.53. The van der Waals surface area contributed by atoms with E-state index in [0.29, 0.717) is 28.2 Å². The molecule has 3 N–H and O–H groups in total. The number of anilines is 3. The molecule has 0 aliphatic carbocycles. The maximum absolute atomic E-state index is 13.5. The molecule has 0 radical (unpaired) electrons. The van der Waals surface area contributed by atoms with Crippen LogP contribution in [0.5, 0.6) is 5.75 Å². The first-order valence-corrected chi connectivity index (χ1v) is 12.7. The van der Waals surface area contributed by atoms with E-state index in [1.54, 1.807) is 49.6 Å². The van der Waals surface area contributed by atoms with Crippen molar-refractivity contribution in [2.45, 2.75) is 17.7 Å². The van der Waals surface area contributed by atoms with Gasteiger partial charge in [-0.05, 0) is 61.4 Å². The van der Waals surface area contributed by atoms with Gasteiger partial charge in [0.25, 0.3) is 15.9 Å². The van der Waals surface area contributed by atoms with E-state index in [0.717, 1.165) is 31.4 Å². The standard InChI is InChI=1S/C25H25N5O4S/c1-34-19-11-8-17(9-12-19)29-35(32,33)23-16-18(10-13-22(23)30-14-4-5-15-30)26-25(31)24-20-6-2-3-7-21(20)27-28-24/h2-3,6-13,16,29H,4-5,14-15H2,1H3,(H,26,31)(H,27,28). The first kappa shape index (κ1) is 22.7. The lowest BCUT2D eigenvalue weighted by Crippen LogP contribution is -2.23. The molecule has 5 rings (SSSR count). The molecule has 35 heavy (non-hydrogen) atoms. The summed E-state index contributed by atoms with van der Waals surface area (Å²) in [6, 6.07) is 18.9. The highest BCUT2D eigenvalue weighted by Crippen LogP contribution is 2.32. The number of ether oxygens (including phenoxy) is 1. The molecule has 1 saturated heterocycles. The van der Waals surface area contributed by atoms with Gasteiger partial charge in [0.2, 0.25) is 0 Å². The van der Waals surface area contributed by atoms with Crippen molar-refractivity contribution in [1.82, 2.24) is 10.2 Å². The summed E-state index contributed by atoms with van der Waals surface area (Å²) in [6.45, 7) is 1.55. The van der Waals surface area contributed by atoms with Crippen molar-refractivity contribution in [3.63, 3.8) is 0 Å². The molecular formula is C25H25N5O4S. The minimum Gasteiger partial charge on any atom is -0.497 e. The Labute approximate surface area is 203 Å². The molecule has 1 fully saturated rings. The molecule has 0 atom stereocenters. The van der Waals surface area contributed by atoms with Gasteiger partial charge in [-0.3, -0.25) is 14.6 Å². The van der Waals surface area contributed by atoms with E-state index in [-0.39, 0.29) is 10.6 Å². The molecule has 3 aromatic carbocycles. The number of H-pyrrole nitrogens is 1. The first-order valence-electron chi connectivity index (χ1n) is 11.2. The Morgan fingerprint density at radius 3 is 2.46 bits per heavy atom. The fourth-order valence-electron chi connectivity index (χ4n) is 4.22. The second-order valence-corrected chi connectivity index (χ2v) is 9.93. The summed E-state index contributed by atoms with van der Waals surface area (Å²) < 4.78 is 34.7. The number of carbonyl (C=O) groups is 1. The summed E-state index contributed by atoms with van der Waals surface area (Å²) in [5.74, 6) is 0.198. The number of amides is 1. The number of aromatic amines is 1. The molecule has 1 amide bonds. The number of carbonyl (C=O) groups excluding carboxylic acids is 1. The van der Waals surface area contributed by atoms with E-state index < -0.39 is 15.9 Å². The number of nitrogens with one attached hydrogen (secondary N) is 3. The van der Waals surface area contributed by atoms with Crippen LogP contribution < -0.4 is 19.7 Å². The third kappa shape index (κ3) is 4.65. The maximum Gasteiger partial charge on any atom is 0.276 e. The Balaban J connectivity index is 1.47. The number of nitrogens with zero attached hydrogens (tertiary/aromatic N) is 2. The number of benzene rings is 3. The van der Waals surface area contributed by atoms with Crippen LogP contribution in [0.4, 0.5) is 17.1 Å². The van der Waals surface area contributed by atoms with E-state index in [2.05, 4.69) is 25.1 Å². The van der Waals surface area contributed by atoms with Crippen molar-refractivity contribution in [3.8, 4) is 5.75 Å². The van der Waals surface area contributed by atoms with Gasteiger partial charge < -0.3 is 15.0 Å². The topological polar surface area (TPSA) is 116 Å². The van der Waals surface area contributed by atoms with Crippen molar-refractivity contribution in [3.05, 3.63) is 72.4 Å². The molecule has 4 aromatic rings. The quantitative estimate of drug-likeness (QED) is 0.356. The fraction of sp³-hybridized carbons (Fsp3) is 0.200. The number of hydrogen-bond donors (Lipinski definition) is 3. The third-order valence-electron chi connectivity index (χ3n) is 5.98. The summed E-state index contributed by atoms with van der Waals surface area (Å²) in [5.41, 5.74) is 2.36. The second kappa shape index (κ2) is 9.30. The minimum absolute atomic E-state index is 0.0971. The van der Waals surface area contributed by atoms with Crippen LogP contribution in [-0.4, -0.2) is 44.7 Å². The largest absolute Gasteiger partial charge is 0.497 e. The molecule has 0 saturated carbocycles. The van der Waals surface area contributed by atoms with Crippen LogP contribution in [0.3, 0.4) is 0 Å². The summed E-state index contributed by atoms with van der Waals surface area (Å²) in [7, 11) is -2.40. The molecule has 1 aliphatic heterocycles. The first-order chi connectivity index (χ1) is 16.9. The molecule has 2 heterocycles. The van der Waals surface area contributed by atoms with Gasteiger partial charge >= 0.3 is 0 Å². The second-order valence-electron chi connectivity index (χ2n) is 8.28. The molecular weight excluding hydrogens is 466 g/mol. The van der Waals surface area contributed by atoms with Gasteiger partial charge in [0, 0.05) is 29.9 Å². The van der Waals surface area contributed by atoms with Crippen LogP contribution >= 0.6 is 0 Å². The predicted molar refractivity (Wildman–Crippen MR) is 136 cm³/mol. The molecule has 10 heteroatoms. The van der Waals surface area contributed by atoms with Crippen molar-refractivity contribution in [1.29, 1.82) is 0 Å². The Morgan fingerprint density at radius 2 is 1.71 bits per heavy atom. The Hall–Kier alpha value is -4.05. The van der Waals surface area contributed by atoms with Gasteiger partial charge in [-0.2, -0.15) is 5.10 Å². The summed E-state index contributed by atoms with van der Waals surface area (Å²) in [4.78, 5) is 15.1. The minimum atomic E-state index is -3.95. The zero-order valence-corrected chi connectivity index (χ0v) is 19.9. The molecule has 0 spiro atoms. The molecule has 1 aliphatic rings. The van der Waals surface area contributed by atoms with Crippen molar-refractivity contribution < 1.29 is 17.9 Å². The molecule has 0 bridgehead atoms. The number of sulfonamides is 1. The van der Waals surface area contributed by atoms with E-state index in [4.69, 9.17) is 4.74 Å². The summed E-state index contributed by atoms with van der Waals surface area (Å²) >= 11 is 0. The zero-order valence-electron chi connectivity index (χ0n) is 19.1. The van der Waals surface area contributed by atoms with E-state index >= 15 is 0 Å². The summed E-state index contributed by atoms with van der Waals surface area (Å²) in [5, 5.41) is 10.5. The van der Waals surface area contributed by atoms with Gasteiger partial charge in [-0.15, -0.1) is 0 Å².